The summed E-state index contributed by atoms with van der Waals surface area (Å²) < 4.78 is 0. The average Bonchev–Trinajstić information content (AvgIpc) is 2.97. The van der Waals surface area contributed by atoms with Gasteiger partial charge in [-0.3, -0.25) is 4.89 Å². The van der Waals surface area contributed by atoms with Gasteiger partial charge in [0.15, 0.2) is 0 Å². The second-order valence-electron chi connectivity index (χ2n) is 12.0. The second-order valence-corrected chi connectivity index (χ2v) is 12.0. The van der Waals surface area contributed by atoms with Crippen LogP contribution in [0.2, 0.25) is 0 Å². The standard InChI is InChI=1S/C24H46O4.C11H14O3/c1-3-5-7-9-11-13-15-17-19-21-23(25)27-28-24(26)22-20-18-16-14-12-10-8-6-4-2;1-11(2,3)14-13-10(12)9-7-5-4-6-8-9/h3-22H2,1-2H3;4-8H,1-3H3. The number of carbonyl (C=O) groups excluding carboxylic acids is 3. The van der Waals surface area contributed by atoms with Gasteiger partial charge >= 0.3 is 17.9 Å². The molecular formula is C35H60O7. The third-order valence-corrected chi connectivity index (χ3v) is 6.57. The summed E-state index contributed by atoms with van der Waals surface area (Å²) in [5.41, 5.74) is 0.00140. The Balaban J connectivity index is 0.000000996. The van der Waals surface area contributed by atoms with Gasteiger partial charge < -0.3 is 0 Å². The van der Waals surface area contributed by atoms with Gasteiger partial charge in [-0.1, -0.05) is 135 Å². The Morgan fingerprint density at radius 1 is 0.524 bits per heavy atom. The second kappa shape index (κ2) is 27.4. The molecule has 1 rings (SSSR count). The first-order valence-corrected chi connectivity index (χ1v) is 16.5. The molecule has 0 spiro atoms. The van der Waals surface area contributed by atoms with Crippen molar-refractivity contribution in [3.05, 3.63) is 35.9 Å². The van der Waals surface area contributed by atoms with Crippen molar-refractivity contribution in [3.63, 3.8) is 0 Å². The Hall–Kier alpha value is -2.41. The lowest BCUT2D eigenvalue weighted by Crippen LogP contribution is -2.21. The zero-order valence-electron chi connectivity index (χ0n) is 27.4. The molecule has 0 amide bonds. The maximum atomic E-state index is 11.6. The van der Waals surface area contributed by atoms with Gasteiger partial charge in [0, 0.05) is 0 Å². The van der Waals surface area contributed by atoms with Gasteiger partial charge in [-0.25, -0.2) is 24.2 Å². The minimum Gasteiger partial charge on any atom is -0.292 e. The number of carbonyl (C=O) groups is 3. The molecule has 1 aromatic rings. The molecule has 0 radical (unpaired) electrons. The molecule has 0 fully saturated rings. The maximum Gasteiger partial charge on any atom is 0.373 e. The molecule has 0 unspecified atom stereocenters. The first kappa shape index (κ1) is 39.6. The Kier molecular flexibility index (Phi) is 25.9. The lowest BCUT2D eigenvalue weighted by molar-refractivity contribution is -0.301. The van der Waals surface area contributed by atoms with Crippen molar-refractivity contribution >= 4 is 17.9 Å². The predicted molar refractivity (Wildman–Crippen MR) is 169 cm³/mol. The normalized spacial score (nSPS) is 10.9. The molecule has 0 saturated heterocycles. The summed E-state index contributed by atoms with van der Waals surface area (Å²) in [6.07, 6.45) is 22.3. The zero-order chi connectivity index (χ0) is 31.3. The van der Waals surface area contributed by atoms with Crippen molar-refractivity contribution in [2.45, 2.75) is 169 Å². The SMILES string of the molecule is CC(C)(C)OOC(=O)c1ccccc1.CCCCCCCCCCCC(=O)OOC(=O)CCCCCCCCCCC. The van der Waals surface area contributed by atoms with E-state index in [0.29, 0.717) is 18.4 Å². The molecule has 0 N–H and O–H groups in total. The summed E-state index contributed by atoms with van der Waals surface area (Å²) in [4.78, 5) is 53.3. The molecule has 7 heteroatoms. The Bertz CT molecular complexity index is 752. The topological polar surface area (TPSA) is 88.1 Å². The number of hydrogen-bond donors (Lipinski definition) is 0. The summed E-state index contributed by atoms with van der Waals surface area (Å²) in [7, 11) is 0. The van der Waals surface area contributed by atoms with Gasteiger partial charge in [0.25, 0.3) is 0 Å². The van der Waals surface area contributed by atoms with Crippen LogP contribution in [0.3, 0.4) is 0 Å². The van der Waals surface area contributed by atoms with Crippen LogP contribution in [-0.4, -0.2) is 23.5 Å². The molecule has 0 aliphatic heterocycles. The summed E-state index contributed by atoms with van der Waals surface area (Å²) >= 11 is 0. The third-order valence-electron chi connectivity index (χ3n) is 6.57. The fourth-order valence-corrected chi connectivity index (χ4v) is 4.12. The molecule has 0 heterocycles. The van der Waals surface area contributed by atoms with Gasteiger partial charge in [-0.15, -0.1) is 0 Å². The van der Waals surface area contributed by atoms with E-state index in [4.69, 9.17) is 4.89 Å². The Morgan fingerprint density at radius 2 is 0.881 bits per heavy atom. The van der Waals surface area contributed by atoms with Crippen LogP contribution in [0, 0.1) is 0 Å². The van der Waals surface area contributed by atoms with Crippen LogP contribution in [0.5, 0.6) is 0 Å². The van der Waals surface area contributed by atoms with Crippen molar-refractivity contribution < 1.29 is 33.9 Å². The van der Waals surface area contributed by atoms with Crippen molar-refractivity contribution in [2.75, 3.05) is 0 Å². The first-order chi connectivity index (χ1) is 20.2. The fraction of sp³-hybridized carbons (Fsp3) is 0.743. The molecule has 0 aromatic heterocycles. The molecule has 0 aliphatic carbocycles. The van der Waals surface area contributed by atoms with E-state index < -0.39 is 23.5 Å². The maximum absolute atomic E-state index is 11.6. The van der Waals surface area contributed by atoms with Gasteiger partial charge in [-0.05, 0) is 45.7 Å². The van der Waals surface area contributed by atoms with Crippen LogP contribution < -0.4 is 0 Å². The van der Waals surface area contributed by atoms with Crippen LogP contribution in [0.15, 0.2) is 30.3 Å². The zero-order valence-corrected chi connectivity index (χ0v) is 27.4. The van der Waals surface area contributed by atoms with Crippen LogP contribution in [-0.2, 0) is 29.1 Å². The van der Waals surface area contributed by atoms with E-state index in [-0.39, 0.29) is 0 Å². The van der Waals surface area contributed by atoms with Gasteiger partial charge in [0.2, 0.25) is 0 Å². The molecule has 0 atom stereocenters. The lowest BCUT2D eigenvalue weighted by Gasteiger charge is -2.16. The Labute approximate surface area is 256 Å². The summed E-state index contributed by atoms with van der Waals surface area (Å²) in [6.45, 7) is 9.89. The largest absolute Gasteiger partial charge is 0.373 e. The molecule has 0 saturated carbocycles. The molecule has 242 valence electrons. The highest BCUT2D eigenvalue weighted by Gasteiger charge is 2.16. The van der Waals surface area contributed by atoms with E-state index in [2.05, 4.69) is 28.5 Å². The van der Waals surface area contributed by atoms with Crippen LogP contribution in [0.4, 0.5) is 0 Å². The van der Waals surface area contributed by atoms with Gasteiger partial charge in [-0.2, -0.15) is 4.89 Å². The quantitative estimate of drug-likeness (QED) is 0.0751. The van der Waals surface area contributed by atoms with E-state index >= 15 is 0 Å². The number of unbranched alkanes of at least 4 members (excludes halogenated alkanes) is 16. The summed E-state index contributed by atoms with van der Waals surface area (Å²) in [6, 6.07) is 8.73. The first-order valence-electron chi connectivity index (χ1n) is 16.5. The van der Waals surface area contributed by atoms with Crippen molar-refractivity contribution in [3.8, 4) is 0 Å². The smallest absolute Gasteiger partial charge is 0.292 e. The number of rotatable bonds is 22. The highest BCUT2D eigenvalue weighted by molar-refractivity contribution is 5.88. The number of benzene rings is 1. The van der Waals surface area contributed by atoms with E-state index in [0.717, 1.165) is 38.5 Å². The monoisotopic (exact) mass is 592 g/mol. The van der Waals surface area contributed by atoms with Crippen LogP contribution in [0.1, 0.15) is 173 Å². The van der Waals surface area contributed by atoms with Crippen molar-refractivity contribution in [1.82, 2.24) is 0 Å². The molecule has 7 nitrogen and oxygen atoms in total. The van der Waals surface area contributed by atoms with Gasteiger partial charge in [0.05, 0.1) is 18.4 Å². The summed E-state index contributed by atoms with van der Waals surface area (Å²) in [5, 5.41) is 0. The van der Waals surface area contributed by atoms with Crippen LogP contribution >= 0.6 is 0 Å². The minimum absolute atomic E-state index is 0.334. The molecule has 0 aliphatic rings. The van der Waals surface area contributed by atoms with E-state index in [1.165, 1.54) is 77.0 Å². The minimum atomic E-state index is -0.482. The average molecular weight is 593 g/mol. The molecule has 1 aromatic carbocycles. The van der Waals surface area contributed by atoms with E-state index in [1.54, 1.807) is 24.3 Å². The summed E-state index contributed by atoms with van der Waals surface area (Å²) in [5.74, 6) is -1.33. The van der Waals surface area contributed by atoms with E-state index in [1.807, 2.05) is 26.8 Å². The molecule has 0 bridgehead atoms. The highest BCUT2D eigenvalue weighted by atomic mass is 17.2. The molecule has 42 heavy (non-hydrogen) atoms. The highest BCUT2D eigenvalue weighted by Crippen LogP contribution is 2.13. The van der Waals surface area contributed by atoms with Crippen LogP contribution in [0.25, 0.3) is 0 Å². The third kappa shape index (κ3) is 27.7. The van der Waals surface area contributed by atoms with Crippen molar-refractivity contribution in [1.29, 1.82) is 0 Å². The Morgan fingerprint density at radius 3 is 1.24 bits per heavy atom. The fourth-order valence-electron chi connectivity index (χ4n) is 4.12. The number of hydrogen-bond acceptors (Lipinski definition) is 7. The van der Waals surface area contributed by atoms with E-state index in [9.17, 15) is 14.4 Å². The van der Waals surface area contributed by atoms with Gasteiger partial charge in [0.1, 0.15) is 5.60 Å². The predicted octanol–water partition coefficient (Wildman–Crippen LogP) is 10.4. The van der Waals surface area contributed by atoms with Crippen molar-refractivity contribution in [2.24, 2.45) is 0 Å². The molecular weight excluding hydrogens is 532 g/mol. The lowest BCUT2D eigenvalue weighted by atomic mass is 10.1.